The van der Waals surface area contributed by atoms with Crippen LogP contribution >= 0.6 is 11.3 Å². The molecule has 2 heterocycles. The number of fused-ring (bicyclic) bond motifs is 2. The average molecular weight is 502 g/mol. The molecule has 0 unspecified atom stereocenters. The van der Waals surface area contributed by atoms with Gasteiger partial charge in [0.05, 0.1) is 28.5 Å². The van der Waals surface area contributed by atoms with Crippen LogP contribution in [-0.2, 0) is 4.79 Å². The van der Waals surface area contributed by atoms with E-state index >= 15 is 0 Å². The molecule has 0 saturated heterocycles. The van der Waals surface area contributed by atoms with Gasteiger partial charge in [-0.2, -0.15) is 5.10 Å². The Morgan fingerprint density at radius 3 is 2.67 bits per heavy atom. The Balaban J connectivity index is 1.30. The number of nitrogens with one attached hydrogen (secondary N) is 3. The van der Waals surface area contributed by atoms with Crippen molar-refractivity contribution in [3.8, 4) is 16.9 Å². The van der Waals surface area contributed by atoms with E-state index in [1.807, 2.05) is 36.4 Å². The summed E-state index contributed by atoms with van der Waals surface area (Å²) in [6, 6.07) is 15.5. The fraction of sp³-hybridized carbons (Fsp3) is 0.154. The van der Waals surface area contributed by atoms with Crippen LogP contribution in [0.15, 0.2) is 54.6 Å². The Kier molecular flexibility index (Phi) is 5.37. The number of halogens is 1. The van der Waals surface area contributed by atoms with Crippen LogP contribution in [0.1, 0.15) is 23.3 Å². The number of hydrogen-bond acceptors (Lipinski definition) is 6. The number of amides is 2. The predicted molar refractivity (Wildman–Crippen MR) is 137 cm³/mol. The summed E-state index contributed by atoms with van der Waals surface area (Å²) in [5, 5.41) is 14.0. The number of ether oxygens (including phenoxy) is 1. The lowest BCUT2D eigenvalue weighted by molar-refractivity contribution is -0.117. The smallest absolute Gasteiger partial charge is 0.276 e. The van der Waals surface area contributed by atoms with E-state index in [1.54, 1.807) is 0 Å². The van der Waals surface area contributed by atoms with Gasteiger partial charge in [-0.1, -0.05) is 23.5 Å². The van der Waals surface area contributed by atoms with Gasteiger partial charge >= 0.3 is 0 Å². The average Bonchev–Trinajstić information content (AvgIpc) is 3.53. The molecule has 8 nitrogen and oxygen atoms in total. The Bertz CT molecular complexity index is 1660. The van der Waals surface area contributed by atoms with E-state index in [0.29, 0.717) is 21.7 Å². The van der Waals surface area contributed by atoms with Gasteiger partial charge in [0.25, 0.3) is 5.91 Å². The zero-order valence-electron chi connectivity index (χ0n) is 19.1. The summed E-state index contributed by atoms with van der Waals surface area (Å²) >= 11 is 1.43. The zero-order chi connectivity index (χ0) is 24.8. The summed E-state index contributed by atoms with van der Waals surface area (Å²) in [5.74, 6) is -0.546. The Hall–Kier alpha value is -4.31. The van der Waals surface area contributed by atoms with E-state index < -0.39 is 11.7 Å². The van der Waals surface area contributed by atoms with Gasteiger partial charge in [0, 0.05) is 17.4 Å². The number of carbonyl (C=O) groups is 2. The number of carbonyl (C=O) groups excluding carboxylic acids is 2. The van der Waals surface area contributed by atoms with Crippen molar-refractivity contribution in [2.24, 2.45) is 5.92 Å². The van der Waals surface area contributed by atoms with Crippen LogP contribution in [0.2, 0.25) is 0 Å². The van der Waals surface area contributed by atoms with E-state index in [4.69, 9.17) is 4.74 Å². The fourth-order valence-corrected chi connectivity index (χ4v) is 4.94. The molecule has 10 heteroatoms. The highest BCUT2D eigenvalue weighted by Crippen LogP contribution is 2.34. The lowest BCUT2D eigenvalue weighted by Gasteiger charge is -2.09. The van der Waals surface area contributed by atoms with Crippen LogP contribution in [-0.4, -0.2) is 34.1 Å². The van der Waals surface area contributed by atoms with E-state index in [9.17, 15) is 14.0 Å². The molecule has 0 atom stereocenters. The molecule has 2 aromatic heterocycles. The third kappa shape index (κ3) is 4.16. The van der Waals surface area contributed by atoms with Gasteiger partial charge in [-0.15, -0.1) is 0 Å². The van der Waals surface area contributed by atoms with Crippen molar-refractivity contribution >= 4 is 55.1 Å². The van der Waals surface area contributed by atoms with Crippen LogP contribution in [0.3, 0.4) is 0 Å². The summed E-state index contributed by atoms with van der Waals surface area (Å²) in [6.45, 7) is 0. The van der Waals surface area contributed by atoms with E-state index in [2.05, 4.69) is 25.8 Å². The van der Waals surface area contributed by atoms with Gasteiger partial charge in [0.2, 0.25) is 5.91 Å². The van der Waals surface area contributed by atoms with Crippen molar-refractivity contribution < 1.29 is 18.7 Å². The third-order valence-electron chi connectivity index (χ3n) is 6.09. The third-order valence-corrected chi connectivity index (χ3v) is 7.02. The first kappa shape index (κ1) is 22.2. The lowest BCUT2D eigenvalue weighted by atomic mass is 10.0. The van der Waals surface area contributed by atoms with Crippen molar-refractivity contribution in [2.75, 3.05) is 17.7 Å². The molecule has 3 aromatic carbocycles. The Morgan fingerprint density at radius 1 is 1.06 bits per heavy atom. The minimum absolute atomic E-state index is 0.0313. The number of aromatic nitrogens is 3. The minimum atomic E-state index is -0.463. The highest BCUT2D eigenvalue weighted by atomic mass is 32.1. The molecule has 2 amide bonds. The second-order valence-corrected chi connectivity index (χ2v) is 9.63. The molecule has 0 spiro atoms. The molecule has 5 aromatic rings. The molecule has 0 aliphatic heterocycles. The SMILES string of the molecule is COc1cc(F)ccc1NC(=O)c1n[nH]c2ccc(-c3ccc4nc(NC(=O)C5CC5)sc4c3)cc12. The summed E-state index contributed by atoms with van der Waals surface area (Å²) in [4.78, 5) is 29.6. The number of hydrogen-bond donors (Lipinski definition) is 3. The van der Waals surface area contributed by atoms with Gasteiger partial charge in [-0.05, 0) is 60.4 Å². The molecule has 1 aliphatic rings. The second-order valence-electron chi connectivity index (χ2n) is 8.60. The lowest BCUT2D eigenvalue weighted by Crippen LogP contribution is -2.13. The highest BCUT2D eigenvalue weighted by Gasteiger charge is 2.30. The number of H-pyrrole nitrogens is 1. The Morgan fingerprint density at radius 2 is 1.86 bits per heavy atom. The maximum absolute atomic E-state index is 13.5. The standard InChI is InChI=1S/C26H20FN5O3S/c1-35-21-12-16(27)6-9-19(21)28-25(34)23-17-10-14(4-7-18(17)31-32-23)15-5-8-20-22(11-15)36-26(29-20)30-24(33)13-2-3-13/h4-13H,2-3H2,1H3,(H,28,34)(H,31,32)(H,29,30,33). The number of anilines is 2. The monoisotopic (exact) mass is 501 g/mol. The molecule has 1 saturated carbocycles. The molecular weight excluding hydrogens is 481 g/mol. The predicted octanol–water partition coefficient (Wildman–Crippen LogP) is 5.59. The molecule has 3 N–H and O–H groups in total. The van der Waals surface area contributed by atoms with Crippen molar-refractivity contribution in [1.29, 1.82) is 0 Å². The van der Waals surface area contributed by atoms with Crippen molar-refractivity contribution in [3.05, 3.63) is 66.1 Å². The van der Waals surface area contributed by atoms with Crippen molar-refractivity contribution in [1.82, 2.24) is 15.2 Å². The molecular formula is C26H20FN5O3S. The maximum Gasteiger partial charge on any atom is 0.276 e. The summed E-state index contributed by atoms with van der Waals surface area (Å²) in [7, 11) is 1.41. The normalized spacial score (nSPS) is 13.2. The van der Waals surface area contributed by atoms with Crippen LogP contribution < -0.4 is 15.4 Å². The van der Waals surface area contributed by atoms with Crippen LogP contribution in [0.4, 0.5) is 15.2 Å². The number of aromatic amines is 1. The largest absolute Gasteiger partial charge is 0.494 e. The Labute approximate surface area is 208 Å². The zero-order valence-corrected chi connectivity index (χ0v) is 19.9. The van der Waals surface area contributed by atoms with Crippen LogP contribution in [0.25, 0.3) is 32.2 Å². The molecule has 6 rings (SSSR count). The number of methoxy groups -OCH3 is 1. The summed E-state index contributed by atoms with van der Waals surface area (Å²) < 4.78 is 19.6. The number of thiazole rings is 1. The van der Waals surface area contributed by atoms with Gasteiger partial charge in [-0.25, -0.2) is 9.37 Å². The van der Waals surface area contributed by atoms with Gasteiger partial charge in [0.15, 0.2) is 10.8 Å². The summed E-state index contributed by atoms with van der Waals surface area (Å²) in [6.07, 6.45) is 1.88. The second kappa shape index (κ2) is 8.72. The van der Waals surface area contributed by atoms with Gasteiger partial charge in [0.1, 0.15) is 11.6 Å². The first-order chi connectivity index (χ1) is 17.5. The topological polar surface area (TPSA) is 109 Å². The van der Waals surface area contributed by atoms with E-state index in [-0.39, 0.29) is 23.3 Å². The maximum atomic E-state index is 13.5. The molecule has 0 radical (unpaired) electrons. The number of benzene rings is 3. The van der Waals surface area contributed by atoms with E-state index in [0.717, 1.165) is 34.2 Å². The highest BCUT2D eigenvalue weighted by molar-refractivity contribution is 7.22. The van der Waals surface area contributed by atoms with Crippen molar-refractivity contribution in [3.63, 3.8) is 0 Å². The molecule has 36 heavy (non-hydrogen) atoms. The number of nitrogens with zero attached hydrogens (tertiary/aromatic N) is 2. The first-order valence-corrected chi connectivity index (χ1v) is 12.1. The minimum Gasteiger partial charge on any atom is -0.494 e. The molecule has 0 bridgehead atoms. The fourth-order valence-electron chi connectivity index (χ4n) is 4.03. The van der Waals surface area contributed by atoms with E-state index in [1.165, 1.54) is 36.6 Å². The van der Waals surface area contributed by atoms with Gasteiger partial charge < -0.3 is 15.4 Å². The molecule has 1 aliphatic carbocycles. The van der Waals surface area contributed by atoms with Crippen molar-refractivity contribution in [2.45, 2.75) is 12.8 Å². The van der Waals surface area contributed by atoms with Crippen LogP contribution in [0.5, 0.6) is 5.75 Å². The van der Waals surface area contributed by atoms with Crippen LogP contribution in [0, 0.1) is 11.7 Å². The summed E-state index contributed by atoms with van der Waals surface area (Å²) in [5.41, 5.74) is 3.92. The first-order valence-electron chi connectivity index (χ1n) is 11.3. The number of rotatable bonds is 6. The van der Waals surface area contributed by atoms with Gasteiger partial charge in [-0.3, -0.25) is 14.7 Å². The molecule has 1 fully saturated rings. The quantitative estimate of drug-likeness (QED) is 0.281. The molecule has 180 valence electrons.